The highest BCUT2D eigenvalue weighted by Gasteiger charge is 2.36. The summed E-state index contributed by atoms with van der Waals surface area (Å²) in [6, 6.07) is 8.56. The first kappa shape index (κ1) is 18.7. The minimum atomic E-state index is -4.69. The van der Waals surface area contributed by atoms with Gasteiger partial charge in [0, 0.05) is 31.4 Å². The van der Waals surface area contributed by atoms with E-state index >= 15 is 0 Å². The van der Waals surface area contributed by atoms with Crippen molar-refractivity contribution in [2.75, 3.05) is 11.9 Å². The molecule has 0 aliphatic carbocycles. The van der Waals surface area contributed by atoms with Gasteiger partial charge in [-0.15, -0.1) is 0 Å². The zero-order valence-corrected chi connectivity index (χ0v) is 14.9. The number of sulfonamides is 1. The maximum atomic E-state index is 12.7. The zero-order chi connectivity index (χ0) is 18.9. The monoisotopic (exact) mass is 388 g/mol. The van der Waals surface area contributed by atoms with Gasteiger partial charge in [0.25, 0.3) is 10.0 Å². The summed E-state index contributed by atoms with van der Waals surface area (Å²) in [6.07, 6.45) is -2.40. The van der Waals surface area contributed by atoms with E-state index in [-0.39, 0.29) is 12.6 Å². The number of fused-ring (bicyclic) bond motifs is 1. The number of para-hydroxylation sites is 1. The van der Waals surface area contributed by atoms with E-state index in [2.05, 4.69) is 15.1 Å². The number of aryl methyl sites for hydroxylation is 2. The fraction of sp³-hybridized carbons (Fsp3) is 0.438. The molecule has 0 saturated carbocycles. The van der Waals surface area contributed by atoms with Crippen molar-refractivity contribution < 1.29 is 21.6 Å². The van der Waals surface area contributed by atoms with Gasteiger partial charge in [0.15, 0.2) is 10.7 Å². The van der Waals surface area contributed by atoms with E-state index in [9.17, 15) is 21.6 Å². The topological polar surface area (TPSA) is 76.0 Å². The molecule has 1 atom stereocenters. The highest BCUT2D eigenvalue weighted by atomic mass is 32.2. The molecule has 0 amide bonds. The highest BCUT2D eigenvalue weighted by Crippen LogP contribution is 2.29. The predicted molar refractivity (Wildman–Crippen MR) is 90.2 cm³/mol. The first-order chi connectivity index (χ1) is 12.2. The number of benzene rings is 1. The van der Waals surface area contributed by atoms with Gasteiger partial charge in [-0.1, -0.05) is 18.2 Å². The Labute approximate surface area is 149 Å². The molecule has 2 aromatic rings. The molecule has 0 spiro atoms. The largest absolute Gasteiger partial charge is 0.435 e. The standard InChI is InChI=1S/C16H19F3N4O2S/c1-23-15(10-14(22-23)16(17,18)19)26(24,25)20-9-8-12-7-6-11-4-2-3-5-13(11)21-12/h2-5,10,12,20-21H,6-9H2,1H3. The van der Waals surface area contributed by atoms with Crippen molar-refractivity contribution in [3.05, 3.63) is 41.6 Å². The summed E-state index contributed by atoms with van der Waals surface area (Å²) in [5, 5.41) is 6.08. The van der Waals surface area contributed by atoms with Gasteiger partial charge < -0.3 is 5.32 Å². The highest BCUT2D eigenvalue weighted by molar-refractivity contribution is 7.89. The minimum absolute atomic E-state index is 0.102. The Balaban J connectivity index is 1.60. The van der Waals surface area contributed by atoms with E-state index in [0.717, 1.165) is 23.2 Å². The van der Waals surface area contributed by atoms with Gasteiger partial charge in [-0.3, -0.25) is 4.68 Å². The van der Waals surface area contributed by atoms with E-state index < -0.39 is 26.9 Å². The molecule has 0 bridgehead atoms. The molecule has 6 nitrogen and oxygen atoms in total. The third kappa shape index (κ3) is 4.01. The average Bonchev–Trinajstić information content (AvgIpc) is 2.98. The molecule has 1 aromatic heterocycles. The number of aromatic nitrogens is 2. The molecule has 0 fully saturated rings. The van der Waals surface area contributed by atoms with Crippen LogP contribution in [0.2, 0.25) is 0 Å². The lowest BCUT2D eigenvalue weighted by Gasteiger charge is -2.27. The molecule has 0 radical (unpaired) electrons. The van der Waals surface area contributed by atoms with Crippen LogP contribution in [-0.4, -0.2) is 30.8 Å². The lowest BCUT2D eigenvalue weighted by Crippen LogP contribution is -2.32. The van der Waals surface area contributed by atoms with Crippen molar-refractivity contribution in [1.82, 2.24) is 14.5 Å². The summed E-state index contributed by atoms with van der Waals surface area (Å²) >= 11 is 0. The van der Waals surface area contributed by atoms with Crippen LogP contribution >= 0.6 is 0 Å². The number of alkyl halides is 3. The molecular formula is C16H19F3N4O2S. The van der Waals surface area contributed by atoms with Crippen molar-refractivity contribution in [3.63, 3.8) is 0 Å². The van der Waals surface area contributed by atoms with E-state index in [0.29, 0.717) is 12.5 Å². The molecule has 0 saturated heterocycles. The van der Waals surface area contributed by atoms with Gasteiger partial charge >= 0.3 is 6.18 Å². The van der Waals surface area contributed by atoms with Crippen LogP contribution in [0.5, 0.6) is 0 Å². The van der Waals surface area contributed by atoms with Crippen molar-refractivity contribution >= 4 is 15.7 Å². The number of nitrogens with zero attached hydrogens (tertiary/aromatic N) is 2. The quantitative estimate of drug-likeness (QED) is 0.825. The van der Waals surface area contributed by atoms with Crippen LogP contribution in [0.15, 0.2) is 35.4 Å². The Morgan fingerprint density at radius 2 is 2.08 bits per heavy atom. The molecule has 26 heavy (non-hydrogen) atoms. The Hall–Kier alpha value is -2.07. The van der Waals surface area contributed by atoms with E-state index in [1.54, 1.807) is 0 Å². The van der Waals surface area contributed by atoms with Gasteiger partial charge in [-0.25, -0.2) is 13.1 Å². The fourth-order valence-electron chi connectivity index (χ4n) is 3.00. The van der Waals surface area contributed by atoms with E-state index in [1.165, 1.54) is 12.6 Å². The summed E-state index contributed by atoms with van der Waals surface area (Å²) in [4.78, 5) is 0. The van der Waals surface area contributed by atoms with Crippen molar-refractivity contribution in [2.24, 2.45) is 7.05 Å². The van der Waals surface area contributed by atoms with Crippen molar-refractivity contribution in [1.29, 1.82) is 0 Å². The van der Waals surface area contributed by atoms with Crippen LogP contribution in [0.4, 0.5) is 18.9 Å². The molecule has 10 heteroatoms. The lowest BCUT2D eigenvalue weighted by atomic mass is 9.96. The van der Waals surface area contributed by atoms with Crippen LogP contribution in [-0.2, 0) is 29.7 Å². The summed E-state index contributed by atoms with van der Waals surface area (Å²) in [5.41, 5.74) is 1.03. The number of hydrogen-bond donors (Lipinski definition) is 2. The maximum Gasteiger partial charge on any atom is 0.435 e. The van der Waals surface area contributed by atoms with Gasteiger partial charge in [-0.05, 0) is 30.9 Å². The molecule has 2 heterocycles. The minimum Gasteiger partial charge on any atom is -0.382 e. The fourth-order valence-corrected chi connectivity index (χ4v) is 4.19. The third-order valence-corrected chi connectivity index (χ3v) is 5.84. The van der Waals surface area contributed by atoms with Crippen LogP contribution in [0.1, 0.15) is 24.1 Å². The van der Waals surface area contributed by atoms with Gasteiger partial charge in [0.05, 0.1) is 0 Å². The molecule has 142 valence electrons. The van der Waals surface area contributed by atoms with E-state index in [4.69, 9.17) is 0 Å². The SMILES string of the molecule is Cn1nc(C(F)(F)F)cc1S(=O)(=O)NCCC1CCc2ccccc2N1. The second kappa shape index (κ2) is 6.92. The number of rotatable bonds is 5. The molecule has 1 aliphatic heterocycles. The Kier molecular flexibility index (Phi) is 4.98. The predicted octanol–water partition coefficient (Wildman–Crippen LogP) is 2.53. The molecule has 1 unspecified atom stereocenters. The number of nitrogens with one attached hydrogen (secondary N) is 2. The first-order valence-electron chi connectivity index (χ1n) is 8.12. The average molecular weight is 388 g/mol. The summed E-state index contributed by atoms with van der Waals surface area (Å²) < 4.78 is 65.7. The molecular weight excluding hydrogens is 369 g/mol. The number of anilines is 1. The van der Waals surface area contributed by atoms with Crippen LogP contribution in [0, 0.1) is 0 Å². The Morgan fingerprint density at radius 1 is 1.35 bits per heavy atom. The second-order valence-electron chi connectivity index (χ2n) is 6.21. The molecule has 2 N–H and O–H groups in total. The van der Waals surface area contributed by atoms with Crippen LogP contribution in [0.25, 0.3) is 0 Å². The first-order valence-corrected chi connectivity index (χ1v) is 9.60. The molecule has 1 aliphatic rings. The molecule has 3 rings (SSSR count). The Bertz CT molecular complexity index is 893. The Morgan fingerprint density at radius 3 is 2.77 bits per heavy atom. The van der Waals surface area contributed by atoms with Gasteiger partial charge in [-0.2, -0.15) is 18.3 Å². The van der Waals surface area contributed by atoms with Crippen molar-refractivity contribution in [3.8, 4) is 0 Å². The summed E-state index contributed by atoms with van der Waals surface area (Å²) in [7, 11) is -2.90. The van der Waals surface area contributed by atoms with E-state index in [1.807, 2.05) is 24.3 Å². The second-order valence-corrected chi connectivity index (χ2v) is 7.93. The van der Waals surface area contributed by atoms with Gasteiger partial charge in [0.1, 0.15) is 0 Å². The van der Waals surface area contributed by atoms with Gasteiger partial charge in [0.2, 0.25) is 0 Å². The van der Waals surface area contributed by atoms with Crippen molar-refractivity contribution in [2.45, 2.75) is 36.5 Å². The summed E-state index contributed by atoms with van der Waals surface area (Å²) in [5.74, 6) is 0. The normalized spacial score (nSPS) is 17.6. The lowest BCUT2D eigenvalue weighted by molar-refractivity contribution is -0.141. The third-order valence-electron chi connectivity index (χ3n) is 4.33. The molecule has 1 aromatic carbocycles. The number of halogens is 3. The summed E-state index contributed by atoms with van der Waals surface area (Å²) in [6.45, 7) is 0.120. The van der Waals surface area contributed by atoms with Crippen LogP contribution in [0.3, 0.4) is 0 Å². The zero-order valence-electron chi connectivity index (χ0n) is 14.0. The van der Waals surface area contributed by atoms with Crippen LogP contribution < -0.4 is 10.0 Å². The smallest absolute Gasteiger partial charge is 0.382 e. The number of hydrogen-bond acceptors (Lipinski definition) is 4. The maximum absolute atomic E-state index is 12.7.